The summed E-state index contributed by atoms with van der Waals surface area (Å²) in [6, 6.07) is 1.78. The van der Waals surface area contributed by atoms with Crippen LogP contribution in [0.2, 0.25) is 0 Å². The lowest BCUT2D eigenvalue weighted by molar-refractivity contribution is 0.471. The number of thiazole rings is 1. The average molecular weight is 153 g/mol. The highest BCUT2D eigenvalue weighted by Gasteiger charge is 2.03. The van der Waals surface area contributed by atoms with E-state index in [1.165, 1.54) is 0 Å². The topological polar surface area (TPSA) is 24.6 Å². The van der Waals surface area contributed by atoms with Crippen molar-refractivity contribution in [3.05, 3.63) is 23.3 Å². The molecule has 0 saturated heterocycles. The van der Waals surface area contributed by atoms with Gasteiger partial charge in [0.1, 0.15) is 10.6 Å². The number of rotatable bonds is 0. The summed E-state index contributed by atoms with van der Waals surface area (Å²) in [6.07, 6.45) is 1.95. The first-order valence-corrected chi connectivity index (χ1v) is 3.91. The summed E-state index contributed by atoms with van der Waals surface area (Å²) in [4.78, 5) is 1.09. The van der Waals surface area contributed by atoms with Gasteiger partial charge in [-0.2, -0.15) is 0 Å². The first kappa shape index (κ1) is 5.80. The van der Waals surface area contributed by atoms with Crippen LogP contribution in [0.15, 0.2) is 17.6 Å². The van der Waals surface area contributed by atoms with Gasteiger partial charge in [0.05, 0.1) is 5.69 Å². The molecule has 52 valence electrons. The largest absolute Gasteiger partial charge is 0.506 e. The van der Waals surface area contributed by atoms with Crippen LogP contribution < -0.4 is 0 Å². The molecule has 0 amide bonds. The molecular weight excluding hydrogens is 146 g/mol. The fourth-order valence-corrected chi connectivity index (χ4v) is 1.83. The minimum absolute atomic E-state index is 0.381. The molecule has 0 aromatic carbocycles. The fraction of sp³-hybridized carbons (Fsp3) is 0.143. The summed E-state index contributed by atoms with van der Waals surface area (Å²) >= 11 is 1.63. The Morgan fingerprint density at radius 1 is 1.60 bits per heavy atom. The number of aromatic nitrogens is 1. The minimum atomic E-state index is 0.381. The van der Waals surface area contributed by atoms with Gasteiger partial charge in [-0.15, -0.1) is 11.3 Å². The van der Waals surface area contributed by atoms with Gasteiger partial charge in [0.2, 0.25) is 0 Å². The van der Waals surface area contributed by atoms with Crippen molar-refractivity contribution in [3.8, 4) is 5.75 Å². The quantitative estimate of drug-likeness (QED) is 0.615. The Bertz CT molecular complexity index is 360. The van der Waals surface area contributed by atoms with Crippen LogP contribution in [0, 0.1) is 6.92 Å². The number of aromatic hydroxyl groups is 1. The van der Waals surface area contributed by atoms with Crippen LogP contribution in [0.25, 0.3) is 4.83 Å². The van der Waals surface area contributed by atoms with Crippen molar-refractivity contribution in [2.75, 3.05) is 0 Å². The second kappa shape index (κ2) is 1.76. The zero-order chi connectivity index (χ0) is 7.14. The molecule has 0 unspecified atom stereocenters. The molecule has 0 fully saturated rings. The van der Waals surface area contributed by atoms with Crippen molar-refractivity contribution in [3.63, 3.8) is 0 Å². The molecule has 0 atom stereocenters. The number of nitrogens with zero attached hydrogens (tertiary/aromatic N) is 1. The van der Waals surface area contributed by atoms with E-state index in [-0.39, 0.29) is 0 Å². The van der Waals surface area contributed by atoms with Crippen LogP contribution in [0.4, 0.5) is 0 Å². The van der Waals surface area contributed by atoms with E-state index in [1.54, 1.807) is 17.4 Å². The van der Waals surface area contributed by atoms with Gasteiger partial charge in [0.25, 0.3) is 0 Å². The molecule has 2 nitrogen and oxygen atoms in total. The second-order valence-corrected chi connectivity index (χ2v) is 3.15. The van der Waals surface area contributed by atoms with Gasteiger partial charge in [-0.1, -0.05) is 0 Å². The lowest BCUT2D eigenvalue weighted by atomic mass is 10.4. The van der Waals surface area contributed by atoms with Crippen molar-refractivity contribution in [2.24, 2.45) is 0 Å². The molecule has 0 aliphatic rings. The summed E-state index contributed by atoms with van der Waals surface area (Å²) in [5, 5.41) is 11.2. The third-order valence-corrected chi connectivity index (χ3v) is 2.44. The maximum Gasteiger partial charge on any atom is 0.138 e. The van der Waals surface area contributed by atoms with Gasteiger partial charge in [-0.05, 0) is 6.92 Å². The molecule has 10 heavy (non-hydrogen) atoms. The van der Waals surface area contributed by atoms with E-state index in [4.69, 9.17) is 0 Å². The lowest BCUT2D eigenvalue weighted by Gasteiger charge is -1.87. The number of aryl methyl sites for hydroxylation is 1. The third-order valence-electron chi connectivity index (χ3n) is 1.63. The van der Waals surface area contributed by atoms with Crippen LogP contribution in [-0.4, -0.2) is 9.51 Å². The van der Waals surface area contributed by atoms with Gasteiger partial charge in [0, 0.05) is 17.6 Å². The van der Waals surface area contributed by atoms with Crippen molar-refractivity contribution in [2.45, 2.75) is 6.92 Å². The Labute approximate surface area is 62.3 Å². The molecule has 2 rings (SSSR count). The van der Waals surface area contributed by atoms with Crippen LogP contribution >= 0.6 is 11.3 Å². The van der Waals surface area contributed by atoms with Gasteiger partial charge < -0.3 is 9.51 Å². The zero-order valence-electron chi connectivity index (χ0n) is 5.53. The van der Waals surface area contributed by atoms with Gasteiger partial charge in [-0.3, -0.25) is 0 Å². The summed E-state index contributed by atoms with van der Waals surface area (Å²) in [6.45, 7) is 1.90. The minimum Gasteiger partial charge on any atom is -0.506 e. The predicted octanol–water partition coefficient (Wildman–Crippen LogP) is 2.01. The second-order valence-electron chi connectivity index (χ2n) is 2.23. The van der Waals surface area contributed by atoms with Crippen molar-refractivity contribution in [1.82, 2.24) is 4.40 Å². The SMILES string of the molecule is Cc1c(O)cc2sccn12. The molecule has 0 saturated carbocycles. The predicted molar refractivity (Wildman–Crippen MR) is 41.7 cm³/mol. The number of hydrogen-bond acceptors (Lipinski definition) is 2. The van der Waals surface area contributed by atoms with E-state index in [1.807, 2.05) is 22.9 Å². The summed E-state index contributed by atoms with van der Waals surface area (Å²) < 4.78 is 1.97. The molecule has 2 aromatic heterocycles. The molecule has 0 bridgehead atoms. The highest BCUT2D eigenvalue weighted by atomic mass is 32.1. The smallest absolute Gasteiger partial charge is 0.138 e. The summed E-state index contributed by atoms with van der Waals surface area (Å²) in [7, 11) is 0. The fourth-order valence-electron chi connectivity index (χ4n) is 1.02. The highest BCUT2D eigenvalue weighted by Crippen LogP contribution is 2.24. The van der Waals surface area contributed by atoms with Crippen molar-refractivity contribution < 1.29 is 5.11 Å². The van der Waals surface area contributed by atoms with Crippen molar-refractivity contribution in [1.29, 1.82) is 0 Å². The lowest BCUT2D eigenvalue weighted by Crippen LogP contribution is -1.77. The molecule has 0 aliphatic heterocycles. The van der Waals surface area contributed by atoms with Crippen LogP contribution in [-0.2, 0) is 0 Å². The molecule has 2 aromatic rings. The normalized spacial score (nSPS) is 10.9. The number of fused-ring (bicyclic) bond motifs is 1. The Hall–Kier alpha value is -0.960. The molecule has 2 heterocycles. The van der Waals surface area contributed by atoms with E-state index in [9.17, 15) is 5.11 Å². The summed E-state index contributed by atoms with van der Waals surface area (Å²) in [5.74, 6) is 0.381. The van der Waals surface area contributed by atoms with Crippen LogP contribution in [0.5, 0.6) is 5.75 Å². The van der Waals surface area contributed by atoms with E-state index in [0.717, 1.165) is 10.5 Å². The zero-order valence-corrected chi connectivity index (χ0v) is 6.35. The Balaban J connectivity index is 2.95. The molecule has 1 N–H and O–H groups in total. The standard InChI is InChI=1S/C7H7NOS/c1-5-6(9)4-7-8(5)2-3-10-7/h2-4,9H,1H3. The first-order valence-electron chi connectivity index (χ1n) is 3.03. The van der Waals surface area contributed by atoms with Gasteiger partial charge >= 0.3 is 0 Å². The van der Waals surface area contributed by atoms with E-state index in [0.29, 0.717) is 5.75 Å². The van der Waals surface area contributed by atoms with E-state index >= 15 is 0 Å². The van der Waals surface area contributed by atoms with Gasteiger partial charge in [-0.25, -0.2) is 0 Å². The molecular formula is C7H7NOS. The van der Waals surface area contributed by atoms with Gasteiger partial charge in [0.15, 0.2) is 0 Å². The molecule has 0 spiro atoms. The van der Waals surface area contributed by atoms with E-state index < -0.39 is 0 Å². The van der Waals surface area contributed by atoms with E-state index in [2.05, 4.69) is 0 Å². The maximum atomic E-state index is 9.22. The van der Waals surface area contributed by atoms with Crippen LogP contribution in [0.1, 0.15) is 5.69 Å². The van der Waals surface area contributed by atoms with Crippen molar-refractivity contribution >= 4 is 16.2 Å². The summed E-state index contributed by atoms with van der Waals surface area (Å²) in [5.41, 5.74) is 0.913. The molecule has 0 radical (unpaired) electrons. The first-order chi connectivity index (χ1) is 4.79. The number of hydrogen-bond donors (Lipinski definition) is 1. The maximum absolute atomic E-state index is 9.22. The van der Waals surface area contributed by atoms with Crippen LogP contribution in [0.3, 0.4) is 0 Å². The Kier molecular flexibility index (Phi) is 1.02. The highest BCUT2D eigenvalue weighted by molar-refractivity contribution is 7.15. The average Bonchev–Trinajstić information content (AvgIpc) is 2.41. The Morgan fingerprint density at radius 2 is 2.40 bits per heavy atom. The monoisotopic (exact) mass is 153 g/mol. The molecule has 0 aliphatic carbocycles. The Morgan fingerprint density at radius 3 is 3.10 bits per heavy atom. The third kappa shape index (κ3) is 0.580. The molecule has 3 heteroatoms.